The van der Waals surface area contributed by atoms with Gasteiger partial charge in [-0.1, -0.05) is 54.1 Å². The van der Waals surface area contributed by atoms with Crippen molar-refractivity contribution in [1.82, 2.24) is 5.32 Å². The van der Waals surface area contributed by atoms with Gasteiger partial charge in [-0.25, -0.2) is 4.79 Å². The van der Waals surface area contributed by atoms with Crippen molar-refractivity contribution >= 4 is 23.5 Å². The maximum absolute atomic E-state index is 12.0. The van der Waals surface area contributed by atoms with Gasteiger partial charge in [0.25, 0.3) is 0 Å². The molecule has 0 fully saturated rings. The first-order valence-electron chi connectivity index (χ1n) is 7.34. The van der Waals surface area contributed by atoms with Crippen molar-refractivity contribution in [3.63, 3.8) is 0 Å². The molecule has 0 spiro atoms. The molecule has 0 bridgehead atoms. The van der Waals surface area contributed by atoms with Crippen LogP contribution in [0.2, 0.25) is 5.02 Å². The summed E-state index contributed by atoms with van der Waals surface area (Å²) in [5.74, 6) is -0.968. The smallest absolute Gasteiger partial charge is 0.333 e. The van der Waals surface area contributed by atoms with Crippen LogP contribution in [-0.2, 0) is 25.7 Å². The first-order valence-corrected chi connectivity index (χ1v) is 7.72. The highest BCUT2D eigenvalue weighted by molar-refractivity contribution is 6.30. The van der Waals surface area contributed by atoms with E-state index in [2.05, 4.69) is 5.32 Å². The van der Waals surface area contributed by atoms with E-state index in [4.69, 9.17) is 21.1 Å². The van der Waals surface area contributed by atoms with E-state index < -0.39 is 17.9 Å². The van der Waals surface area contributed by atoms with Gasteiger partial charge >= 0.3 is 5.97 Å². The van der Waals surface area contributed by atoms with Gasteiger partial charge in [-0.05, 0) is 23.3 Å². The van der Waals surface area contributed by atoms with Crippen LogP contribution in [0.3, 0.4) is 0 Å². The molecule has 1 N–H and O–H groups in total. The number of carbonyl (C=O) groups is 2. The van der Waals surface area contributed by atoms with Crippen LogP contribution in [0, 0.1) is 0 Å². The largest absolute Gasteiger partial charge is 0.467 e. The number of halogens is 1. The molecule has 0 aromatic heterocycles. The minimum atomic E-state index is -0.903. The van der Waals surface area contributed by atoms with Gasteiger partial charge in [0.05, 0.1) is 13.7 Å². The fraction of sp³-hybridized carbons (Fsp3) is 0.222. The van der Waals surface area contributed by atoms with Crippen LogP contribution in [0.15, 0.2) is 54.6 Å². The van der Waals surface area contributed by atoms with Gasteiger partial charge in [0.2, 0.25) is 5.91 Å². The van der Waals surface area contributed by atoms with Crippen LogP contribution in [0.5, 0.6) is 0 Å². The number of hydrogen-bond acceptors (Lipinski definition) is 4. The zero-order valence-electron chi connectivity index (χ0n) is 13.2. The van der Waals surface area contributed by atoms with Gasteiger partial charge < -0.3 is 14.8 Å². The van der Waals surface area contributed by atoms with E-state index in [1.54, 1.807) is 24.3 Å². The second-order valence-electron chi connectivity index (χ2n) is 5.05. The molecule has 2 rings (SSSR count). The fourth-order valence-electron chi connectivity index (χ4n) is 2.09. The van der Waals surface area contributed by atoms with E-state index in [0.717, 1.165) is 5.56 Å². The molecule has 0 aliphatic heterocycles. The maximum Gasteiger partial charge on any atom is 0.333 e. The molecule has 2 aromatic carbocycles. The molecule has 1 amide bonds. The Bertz CT molecular complexity index is 673. The third-order valence-electron chi connectivity index (χ3n) is 3.29. The van der Waals surface area contributed by atoms with E-state index in [0.29, 0.717) is 17.2 Å². The monoisotopic (exact) mass is 347 g/mol. The van der Waals surface area contributed by atoms with E-state index >= 15 is 0 Å². The predicted octanol–water partition coefficient (Wildman–Crippen LogP) is 2.89. The van der Waals surface area contributed by atoms with Crippen molar-refractivity contribution in [3.8, 4) is 0 Å². The molecule has 0 aliphatic carbocycles. The zero-order chi connectivity index (χ0) is 17.4. The molecule has 126 valence electrons. The van der Waals surface area contributed by atoms with Crippen LogP contribution >= 0.6 is 11.6 Å². The van der Waals surface area contributed by atoms with Crippen molar-refractivity contribution in [2.24, 2.45) is 0 Å². The Morgan fingerprint density at radius 1 is 1.08 bits per heavy atom. The molecule has 1 unspecified atom stereocenters. The van der Waals surface area contributed by atoms with E-state index in [9.17, 15) is 9.59 Å². The molecule has 24 heavy (non-hydrogen) atoms. The molecular formula is C18H18ClNO4. The fourth-order valence-corrected chi connectivity index (χ4v) is 2.22. The predicted molar refractivity (Wildman–Crippen MR) is 90.4 cm³/mol. The van der Waals surface area contributed by atoms with Crippen LogP contribution in [-0.4, -0.2) is 25.6 Å². The highest BCUT2D eigenvalue weighted by atomic mass is 35.5. The minimum Gasteiger partial charge on any atom is -0.467 e. The van der Waals surface area contributed by atoms with Gasteiger partial charge in [-0.2, -0.15) is 0 Å². The van der Waals surface area contributed by atoms with Crippen molar-refractivity contribution in [2.45, 2.75) is 12.6 Å². The first-order chi connectivity index (χ1) is 11.6. The third-order valence-corrected chi connectivity index (χ3v) is 3.54. The molecule has 6 heteroatoms. The summed E-state index contributed by atoms with van der Waals surface area (Å²) >= 11 is 5.84. The number of amides is 1. The average molecular weight is 348 g/mol. The lowest BCUT2D eigenvalue weighted by atomic mass is 10.1. The molecule has 0 saturated heterocycles. The summed E-state index contributed by atoms with van der Waals surface area (Å²) in [6, 6.07) is 15.2. The average Bonchev–Trinajstić information content (AvgIpc) is 2.61. The highest BCUT2D eigenvalue weighted by Gasteiger charge is 2.23. The zero-order valence-corrected chi connectivity index (χ0v) is 14.0. The third kappa shape index (κ3) is 5.37. The molecule has 0 radical (unpaired) electrons. The molecule has 0 saturated carbocycles. The normalized spacial score (nSPS) is 11.6. The number of benzene rings is 2. The lowest BCUT2D eigenvalue weighted by molar-refractivity contribution is -0.146. The summed E-state index contributed by atoms with van der Waals surface area (Å²) in [6.07, 6.45) is 0. The second kappa shape index (κ2) is 9.05. The lowest BCUT2D eigenvalue weighted by Gasteiger charge is -2.17. The highest BCUT2D eigenvalue weighted by Crippen LogP contribution is 2.17. The minimum absolute atomic E-state index is 0.157. The Morgan fingerprint density at radius 2 is 1.75 bits per heavy atom. The second-order valence-corrected chi connectivity index (χ2v) is 5.49. The number of methoxy groups -OCH3 is 1. The number of esters is 1. The van der Waals surface area contributed by atoms with Crippen molar-refractivity contribution < 1.29 is 19.1 Å². The van der Waals surface area contributed by atoms with Gasteiger partial charge in [-0.15, -0.1) is 0 Å². The lowest BCUT2D eigenvalue weighted by Crippen LogP contribution is -2.36. The summed E-state index contributed by atoms with van der Waals surface area (Å²) in [4.78, 5) is 24.0. The Kier molecular flexibility index (Phi) is 6.78. The summed E-state index contributed by atoms with van der Waals surface area (Å²) in [5, 5.41) is 3.15. The number of ether oxygens (including phenoxy) is 2. The van der Waals surface area contributed by atoms with Gasteiger partial charge in [0.1, 0.15) is 6.61 Å². The molecular weight excluding hydrogens is 330 g/mol. The summed E-state index contributed by atoms with van der Waals surface area (Å²) in [7, 11) is 1.27. The maximum atomic E-state index is 12.0. The van der Waals surface area contributed by atoms with Crippen molar-refractivity contribution in [2.75, 3.05) is 13.7 Å². The first kappa shape index (κ1) is 18.0. The van der Waals surface area contributed by atoms with Crippen LogP contribution < -0.4 is 5.32 Å². The molecule has 2 aromatic rings. The number of nitrogens with one attached hydrogen (secondary N) is 1. The molecule has 0 heterocycles. The Labute approximate surface area is 145 Å². The summed E-state index contributed by atoms with van der Waals surface area (Å²) in [5.41, 5.74) is 1.55. The number of carbonyl (C=O) groups excluding carboxylic acids is 2. The van der Waals surface area contributed by atoms with Crippen molar-refractivity contribution in [3.05, 3.63) is 70.7 Å². The van der Waals surface area contributed by atoms with Crippen LogP contribution in [0.25, 0.3) is 0 Å². The van der Waals surface area contributed by atoms with Crippen LogP contribution in [0.1, 0.15) is 17.2 Å². The molecule has 5 nitrogen and oxygen atoms in total. The molecule has 0 aliphatic rings. The Morgan fingerprint density at radius 3 is 2.38 bits per heavy atom. The summed E-state index contributed by atoms with van der Waals surface area (Å²) < 4.78 is 10.1. The van der Waals surface area contributed by atoms with E-state index in [1.807, 2.05) is 30.3 Å². The topological polar surface area (TPSA) is 64.6 Å². The quantitative estimate of drug-likeness (QED) is 0.782. The Balaban J connectivity index is 1.92. The van der Waals surface area contributed by atoms with E-state index in [1.165, 1.54) is 7.11 Å². The van der Waals surface area contributed by atoms with Crippen molar-refractivity contribution in [1.29, 1.82) is 0 Å². The van der Waals surface area contributed by atoms with Gasteiger partial charge in [0, 0.05) is 5.02 Å². The number of rotatable bonds is 7. The van der Waals surface area contributed by atoms with Gasteiger partial charge in [-0.3, -0.25) is 4.79 Å². The van der Waals surface area contributed by atoms with E-state index in [-0.39, 0.29) is 6.61 Å². The Hall–Kier alpha value is -2.37. The van der Waals surface area contributed by atoms with Crippen LogP contribution in [0.4, 0.5) is 0 Å². The van der Waals surface area contributed by atoms with Gasteiger partial charge in [0.15, 0.2) is 6.04 Å². The summed E-state index contributed by atoms with van der Waals surface area (Å²) in [6.45, 7) is 0.161. The number of hydrogen-bond donors (Lipinski definition) is 1. The SMILES string of the molecule is COC(=O)C(NC(=O)COCc1ccccc1)c1ccc(Cl)cc1. The standard InChI is InChI=1S/C18H18ClNO4/c1-23-18(22)17(14-7-9-15(19)10-8-14)20-16(21)12-24-11-13-5-3-2-4-6-13/h2-10,17H,11-12H2,1H3,(H,20,21). The molecule has 1 atom stereocenters.